The first-order valence-corrected chi connectivity index (χ1v) is 7.89. The number of Topliss-reactive ketones (excluding diaryl/α,β-unsaturated/α-hetero) is 1. The van der Waals surface area contributed by atoms with Crippen molar-refractivity contribution < 1.29 is 18.4 Å². The average Bonchev–Trinajstić information content (AvgIpc) is 2.64. The molecule has 0 aliphatic carbocycles. The Bertz CT molecular complexity index is 1020. The van der Waals surface area contributed by atoms with Crippen LogP contribution in [0.2, 0.25) is 0 Å². The van der Waals surface area contributed by atoms with E-state index in [4.69, 9.17) is 0 Å². The molecule has 2 N–H and O–H groups in total. The van der Waals surface area contributed by atoms with Crippen LogP contribution in [0, 0.1) is 11.6 Å². The Morgan fingerprint density at radius 1 is 1.00 bits per heavy atom. The predicted molar refractivity (Wildman–Crippen MR) is 96.1 cm³/mol. The first-order chi connectivity index (χ1) is 12.9. The van der Waals surface area contributed by atoms with Gasteiger partial charge in [0.25, 0.3) is 5.91 Å². The summed E-state index contributed by atoms with van der Waals surface area (Å²) < 4.78 is 26.7. The van der Waals surface area contributed by atoms with Crippen molar-refractivity contribution in [3.63, 3.8) is 0 Å². The average molecular weight is 368 g/mol. The highest BCUT2D eigenvalue weighted by atomic mass is 19.1. The molecule has 0 atom stereocenters. The molecule has 0 saturated heterocycles. The molecule has 6 nitrogen and oxygen atoms in total. The third-order valence-corrected chi connectivity index (χ3v) is 3.62. The molecule has 27 heavy (non-hydrogen) atoms. The number of hydrogen-bond acceptors (Lipinski definition) is 5. The van der Waals surface area contributed by atoms with Gasteiger partial charge < -0.3 is 10.6 Å². The highest BCUT2D eigenvalue weighted by Crippen LogP contribution is 2.20. The number of amides is 1. The van der Waals surface area contributed by atoms with E-state index in [0.29, 0.717) is 11.3 Å². The summed E-state index contributed by atoms with van der Waals surface area (Å²) in [6.07, 6.45) is 1.14. The molecule has 0 fully saturated rings. The van der Waals surface area contributed by atoms with Crippen LogP contribution in [0.1, 0.15) is 27.8 Å². The SMILES string of the molecule is CC(=O)c1cccc(NC(=O)c2cc(Nc3ccc(F)cc3F)ncn2)c1. The van der Waals surface area contributed by atoms with E-state index in [2.05, 4.69) is 20.6 Å². The first kappa shape index (κ1) is 18.1. The van der Waals surface area contributed by atoms with Crippen molar-refractivity contribution >= 4 is 28.9 Å². The van der Waals surface area contributed by atoms with E-state index in [1.54, 1.807) is 24.3 Å². The van der Waals surface area contributed by atoms with Crippen LogP contribution in [-0.2, 0) is 0 Å². The second-order valence-electron chi connectivity index (χ2n) is 5.63. The minimum atomic E-state index is -0.791. The van der Waals surface area contributed by atoms with E-state index in [1.807, 2.05) is 0 Å². The summed E-state index contributed by atoms with van der Waals surface area (Å²) in [5.74, 6) is -1.98. The fourth-order valence-electron chi connectivity index (χ4n) is 2.29. The minimum Gasteiger partial charge on any atom is -0.338 e. The molecule has 0 aliphatic heterocycles. The molecule has 1 heterocycles. The third kappa shape index (κ3) is 4.49. The number of ketones is 1. The highest BCUT2D eigenvalue weighted by Gasteiger charge is 2.11. The molecule has 0 aliphatic rings. The van der Waals surface area contributed by atoms with Gasteiger partial charge in [-0.25, -0.2) is 18.7 Å². The van der Waals surface area contributed by atoms with Crippen LogP contribution in [0.5, 0.6) is 0 Å². The number of aromatic nitrogens is 2. The summed E-state index contributed by atoms with van der Waals surface area (Å²) in [4.78, 5) is 31.6. The Hall–Kier alpha value is -3.68. The second kappa shape index (κ2) is 7.69. The van der Waals surface area contributed by atoms with E-state index in [0.717, 1.165) is 18.5 Å². The zero-order valence-electron chi connectivity index (χ0n) is 14.2. The number of nitrogens with one attached hydrogen (secondary N) is 2. The lowest BCUT2D eigenvalue weighted by atomic mass is 10.1. The van der Waals surface area contributed by atoms with Crippen LogP contribution < -0.4 is 10.6 Å². The van der Waals surface area contributed by atoms with Gasteiger partial charge in [-0.15, -0.1) is 0 Å². The van der Waals surface area contributed by atoms with Crippen molar-refractivity contribution in [3.8, 4) is 0 Å². The van der Waals surface area contributed by atoms with Gasteiger partial charge in [-0.1, -0.05) is 12.1 Å². The summed E-state index contributed by atoms with van der Waals surface area (Å²) in [5, 5.41) is 5.30. The van der Waals surface area contributed by atoms with Crippen LogP contribution in [0.4, 0.5) is 26.0 Å². The number of hydrogen-bond donors (Lipinski definition) is 2. The van der Waals surface area contributed by atoms with Crippen molar-refractivity contribution in [2.24, 2.45) is 0 Å². The molecular weight excluding hydrogens is 354 g/mol. The van der Waals surface area contributed by atoms with E-state index >= 15 is 0 Å². The molecule has 8 heteroatoms. The quantitative estimate of drug-likeness (QED) is 0.666. The zero-order valence-corrected chi connectivity index (χ0v) is 14.2. The Labute approximate surface area is 153 Å². The van der Waals surface area contributed by atoms with Gasteiger partial charge in [-0.3, -0.25) is 9.59 Å². The molecule has 0 saturated carbocycles. The standard InChI is InChI=1S/C19H14F2N4O2/c1-11(26)12-3-2-4-14(7-12)24-19(27)17-9-18(23-10-22-17)25-16-6-5-13(20)8-15(16)21/h2-10H,1H3,(H,24,27)(H,22,23,25). The van der Waals surface area contributed by atoms with Gasteiger partial charge in [0.2, 0.25) is 0 Å². The van der Waals surface area contributed by atoms with E-state index < -0.39 is 17.5 Å². The van der Waals surface area contributed by atoms with Crippen molar-refractivity contribution in [2.75, 3.05) is 10.6 Å². The Balaban J connectivity index is 1.77. The van der Waals surface area contributed by atoms with Crippen LogP contribution in [0.15, 0.2) is 54.9 Å². The summed E-state index contributed by atoms with van der Waals surface area (Å²) in [6, 6.07) is 10.9. The summed E-state index contributed by atoms with van der Waals surface area (Å²) in [6.45, 7) is 1.43. The maximum Gasteiger partial charge on any atom is 0.274 e. The number of benzene rings is 2. The molecule has 0 unspecified atom stereocenters. The Kier molecular flexibility index (Phi) is 5.16. The number of nitrogens with zero attached hydrogens (tertiary/aromatic N) is 2. The zero-order chi connectivity index (χ0) is 19.4. The van der Waals surface area contributed by atoms with Crippen LogP contribution >= 0.6 is 0 Å². The Morgan fingerprint density at radius 3 is 2.56 bits per heavy atom. The monoisotopic (exact) mass is 368 g/mol. The molecule has 1 aromatic heterocycles. The van der Waals surface area contributed by atoms with Crippen molar-refractivity contribution in [2.45, 2.75) is 6.92 Å². The fraction of sp³-hybridized carbons (Fsp3) is 0.0526. The lowest BCUT2D eigenvalue weighted by molar-refractivity contribution is 0.100. The molecule has 0 radical (unpaired) electrons. The maximum absolute atomic E-state index is 13.7. The van der Waals surface area contributed by atoms with Crippen LogP contribution in [-0.4, -0.2) is 21.7 Å². The van der Waals surface area contributed by atoms with Crippen molar-refractivity contribution in [1.82, 2.24) is 9.97 Å². The largest absolute Gasteiger partial charge is 0.338 e. The summed E-state index contributed by atoms with van der Waals surface area (Å²) in [7, 11) is 0. The summed E-state index contributed by atoms with van der Waals surface area (Å²) >= 11 is 0. The predicted octanol–water partition coefficient (Wildman–Crippen LogP) is 3.95. The summed E-state index contributed by atoms with van der Waals surface area (Å²) in [5.41, 5.74) is 0.939. The van der Waals surface area contributed by atoms with Gasteiger partial charge in [-0.2, -0.15) is 0 Å². The topological polar surface area (TPSA) is 84.0 Å². The first-order valence-electron chi connectivity index (χ1n) is 7.89. The molecular formula is C19H14F2N4O2. The van der Waals surface area contributed by atoms with Crippen LogP contribution in [0.3, 0.4) is 0 Å². The normalized spacial score (nSPS) is 10.3. The van der Waals surface area contributed by atoms with Gasteiger partial charge in [0.15, 0.2) is 5.78 Å². The fourth-order valence-corrected chi connectivity index (χ4v) is 2.29. The number of halogens is 2. The second-order valence-corrected chi connectivity index (χ2v) is 5.63. The van der Waals surface area contributed by atoms with Crippen molar-refractivity contribution in [3.05, 3.63) is 77.8 Å². The van der Waals surface area contributed by atoms with E-state index in [-0.39, 0.29) is 23.0 Å². The highest BCUT2D eigenvalue weighted by molar-refractivity contribution is 6.04. The third-order valence-electron chi connectivity index (χ3n) is 3.62. The van der Waals surface area contributed by atoms with E-state index in [9.17, 15) is 18.4 Å². The number of rotatable bonds is 5. The number of carbonyl (C=O) groups is 2. The Morgan fingerprint density at radius 2 is 1.81 bits per heavy atom. The molecule has 2 aromatic carbocycles. The molecule has 3 aromatic rings. The van der Waals surface area contributed by atoms with E-state index in [1.165, 1.54) is 19.1 Å². The molecule has 1 amide bonds. The van der Waals surface area contributed by atoms with Gasteiger partial charge >= 0.3 is 0 Å². The molecule has 0 spiro atoms. The van der Waals surface area contributed by atoms with Crippen molar-refractivity contribution in [1.29, 1.82) is 0 Å². The smallest absolute Gasteiger partial charge is 0.274 e. The molecule has 0 bridgehead atoms. The van der Waals surface area contributed by atoms with Crippen LogP contribution in [0.25, 0.3) is 0 Å². The maximum atomic E-state index is 13.7. The number of anilines is 3. The molecule has 136 valence electrons. The van der Waals surface area contributed by atoms with Gasteiger partial charge in [0.1, 0.15) is 29.5 Å². The lowest BCUT2D eigenvalue weighted by Gasteiger charge is -2.09. The minimum absolute atomic E-state index is 0.00983. The lowest BCUT2D eigenvalue weighted by Crippen LogP contribution is -2.14. The van der Waals surface area contributed by atoms with Gasteiger partial charge in [0.05, 0.1) is 5.69 Å². The molecule has 3 rings (SSSR count). The van der Waals surface area contributed by atoms with Gasteiger partial charge in [-0.05, 0) is 31.2 Å². The number of carbonyl (C=O) groups excluding carboxylic acids is 2. The van der Waals surface area contributed by atoms with Gasteiger partial charge in [0, 0.05) is 23.4 Å².